The van der Waals surface area contributed by atoms with Crippen molar-refractivity contribution in [2.45, 2.75) is 32.9 Å². The number of amides is 1. The third-order valence-corrected chi connectivity index (χ3v) is 8.15. The molecule has 0 N–H and O–H groups in total. The maximum Gasteiger partial charge on any atom is 0.338 e. The van der Waals surface area contributed by atoms with Crippen LogP contribution in [0.15, 0.2) is 69.6 Å². The number of thiazole rings is 1. The Morgan fingerprint density at radius 3 is 2.38 bits per heavy atom. The second kappa shape index (κ2) is 12.4. The average Bonchev–Trinajstić information content (AvgIpc) is 3.26. The molecule has 9 nitrogen and oxygen atoms in total. The molecule has 0 spiro atoms. The molecule has 11 heteroatoms. The molecular formula is C31H33FN4O5S. The number of benzene rings is 2. The maximum atomic E-state index is 13.8. The number of piperazine rings is 1. The molecular weight excluding hydrogens is 559 g/mol. The Morgan fingerprint density at radius 1 is 1.07 bits per heavy atom. The van der Waals surface area contributed by atoms with Gasteiger partial charge in [-0.3, -0.25) is 14.2 Å². The van der Waals surface area contributed by atoms with E-state index in [2.05, 4.69) is 9.89 Å². The summed E-state index contributed by atoms with van der Waals surface area (Å²) in [6.07, 6.45) is 1.38. The van der Waals surface area contributed by atoms with Crippen molar-refractivity contribution in [3.63, 3.8) is 0 Å². The van der Waals surface area contributed by atoms with E-state index in [0.29, 0.717) is 39.4 Å². The fourth-order valence-corrected chi connectivity index (χ4v) is 5.97. The summed E-state index contributed by atoms with van der Waals surface area (Å²) in [5.41, 5.74) is 1.68. The molecule has 3 heterocycles. The summed E-state index contributed by atoms with van der Waals surface area (Å²) in [6, 6.07) is 12.0. The number of hydrogen-bond acceptors (Lipinski definition) is 8. The molecule has 2 aliphatic rings. The van der Waals surface area contributed by atoms with E-state index in [0.717, 1.165) is 18.7 Å². The molecule has 42 heavy (non-hydrogen) atoms. The Labute approximate surface area is 246 Å². The fourth-order valence-electron chi connectivity index (χ4n) is 4.92. The first kappa shape index (κ1) is 29.4. The van der Waals surface area contributed by atoms with E-state index in [1.807, 2.05) is 24.1 Å². The Balaban J connectivity index is 1.41. The van der Waals surface area contributed by atoms with Crippen molar-refractivity contribution in [2.24, 2.45) is 4.99 Å². The maximum absolute atomic E-state index is 13.8. The number of hydrogen-bond donors (Lipinski definition) is 0. The smallest absolute Gasteiger partial charge is 0.338 e. The van der Waals surface area contributed by atoms with Gasteiger partial charge in [0, 0.05) is 26.2 Å². The van der Waals surface area contributed by atoms with Crippen LogP contribution in [0.1, 0.15) is 37.9 Å². The van der Waals surface area contributed by atoms with Gasteiger partial charge in [0.25, 0.3) is 11.5 Å². The van der Waals surface area contributed by atoms with Crippen LogP contribution >= 0.6 is 11.3 Å². The minimum Gasteiger partial charge on any atom is -0.484 e. The standard InChI is InChI=1S/C31H33FN4O5S/c1-19(2)41-30(39)27-20(3)33-31-36(28(27)22-7-9-23(32)10-8-22)29(38)25(42-31)17-21-5-11-24(12-6-21)40-18-26(37)35-15-13-34(4)14-16-35/h5-12,17,19,28H,13-16,18H2,1-4H3/b25-17-. The summed E-state index contributed by atoms with van der Waals surface area (Å²) in [7, 11) is 2.04. The average molecular weight is 593 g/mol. The van der Waals surface area contributed by atoms with Gasteiger partial charge in [-0.05, 0) is 69.3 Å². The second-order valence-electron chi connectivity index (χ2n) is 10.6. The van der Waals surface area contributed by atoms with Gasteiger partial charge in [-0.1, -0.05) is 35.6 Å². The molecule has 1 fully saturated rings. The highest BCUT2D eigenvalue weighted by molar-refractivity contribution is 7.07. The molecule has 3 aromatic rings. The second-order valence-corrected chi connectivity index (χ2v) is 11.6. The number of fused-ring (bicyclic) bond motifs is 1. The summed E-state index contributed by atoms with van der Waals surface area (Å²) in [5, 5.41) is 0. The molecule has 1 atom stereocenters. The lowest BCUT2D eigenvalue weighted by atomic mass is 9.96. The Kier molecular flexibility index (Phi) is 8.69. The van der Waals surface area contributed by atoms with Crippen LogP contribution in [0, 0.1) is 5.82 Å². The zero-order valence-corrected chi connectivity index (χ0v) is 24.8. The van der Waals surface area contributed by atoms with Gasteiger partial charge < -0.3 is 19.3 Å². The zero-order valence-electron chi connectivity index (χ0n) is 24.0. The van der Waals surface area contributed by atoms with Crippen molar-refractivity contribution in [3.05, 3.63) is 96.4 Å². The summed E-state index contributed by atoms with van der Waals surface area (Å²) in [4.78, 5) is 48.4. The number of allylic oxidation sites excluding steroid dienone is 1. The number of likely N-dealkylation sites (N-methyl/N-ethyl adjacent to an activating group) is 1. The van der Waals surface area contributed by atoms with E-state index >= 15 is 0 Å². The van der Waals surface area contributed by atoms with Crippen LogP contribution in [0.25, 0.3) is 6.08 Å². The number of carbonyl (C=O) groups excluding carboxylic acids is 2. The van der Waals surface area contributed by atoms with Crippen LogP contribution in [0.5, 0.6) is 5.75 Å². The van der Waals surface area contributed by atoms with Gasteiger partial charge in [0.2, 0.25) is 0 Å². The normalized spacial score (nSPS) is 17.7. The Morgan fingerprint density at radius 2 is 1.74 bits per heavy atom. The van der Waals surface area contributed by atoms with E-state index in [4.69, 9.17) is 9.47 Å². The van der Waals surface area contributed by atoms with Crippen LogP contribution < -0.4 is 19.6 Å². The predicted molar refractivity (Wildman–Crippen MR) is 157 cm³/mol. The lowest BCUT2D eigenvalue weighted by molar-refractivity contribution is -0.143. The third-order valence-electron chi connectivity index (χ3n) is 7.17. The van der Waals surface area contributed by atoms with Crippen LogP contribution in [0.4, 0.5) is 4.39 Å². The fraction of sp³-hybridized carbons (Fsp3) is 0.355. The van der Waals surface area contributed by atoms with E-state index < -0.39 is 17.8 Å². The molecule has 0 saturated carbocycles. The van der Waals surface area contributed by atoms with Gasteiger partial charge in [-0.2, -0.15) is 0 Å². The van der Waals surface area contributed by atoms with Crippen molar-refractivity contribution in [1.82, 2.24) is 14.4 Å². The molecule has 1 unspecified atom stereocenters. The Bertz CT molecular complexity index is 1680. The number of halogens is 1. The molecule has 2 aromatic carbocycles. The SMILES string of the molecule is CC1=C(C(=O)OC(C)C)C(c2ccc(F)cc2)n2c(s/c(=C\c3ccc(OCC(=O)N4CCN(C)CC4)cc3)c2=O)=N1. The minimum atomic E-state index is -0.816. The molecule has 220 valence electrons. The van der Waals surface area contributed by atoms with Gasteiger partial charge in [0.15, 0.2) is 11.4 Å². The van der Waals surface area contributed by atoms with E-state index in [-0.39, 0.29) is 29.8 Å². The number of carbonyl (C=O) groups is 2. The van der Waals surface area contributed by atoms with Crippen molar-refractivity contribution in [2.75, 3.05) is 39.8 Å². The summed E-state index contributed by atoms with van der Waals surface area (Å²) in [6.45, 7) is 8.24. The van der Waals surface area contributed by atoms with Crippen molar-refractivity contribution in [1.29, 1.82) is 0 Å². The zero-order chi connectivity index (χ0) is 30.0. The topological polar surface area (TPSA) is 93.4 Å². The lowest BCUT2D eigenvalue weighted by Crippen LogP contribution is -2.48. The van der Waals surface area contributed by atoms with Crippen LogP contribution in [0.3, 0.4) is 0 Å². The largest absolute Gasteiger partial charge is 0.484 e. The minimum absolute atomic E-state index is 0.0357. The molecule has 1 saturated heterocycles. The highest BCUT2D eigenvalue weighted by Crippen LogP contribution is 2.31. The highest BCUT2D eigenvalue weighted by atomic mass is 32.1. The van der Waals surface area contributed by atoms with Gasteiger partial charge in [0.05, 0.1) is 27.9 Å². The van der Waals surface area contributed by atoms with Crippen LogP contribution in [-0.4, -0.2) is 72.2 Å². The van der Waals surface area contributed by atoms with Gasteiger partial charge in [0.1, 0.15) is 11.6 Å². The summed E-state index contributed by atoms with van der Waals surface area (Å²) >= 11 is 1.21. The van der Waals surface area contributed by atoms with Crippen molar-refractivity contribution >= 4 is 29.3 Å². The molecule has 5 rings (SSSR count). The molecule has 0 aliphatic carbocycles. The predicted octanol–water partition coefficient (Wildman–Crippen LogP) is 2.48. The lowest BCUT2D eigenvalue weighted by Gasteiger charge is -2.32. The third kappa shape index (κ3) is 6.37. The van der Waals surface area contributed by atoms with Crippen molar-refractivity contribution in [3.8, 4) is 5.75 Å². The highest BCUT2D eigenvalue weighted by Gasteiger charge is 2.33. The Hall–Kier alpha value is -4.09. The van der Waals surface area contributed by atoms with Crippen LogP contribution in [-0.2, 0) is 14.3 Å². The summed E-state index contributed by atoms with van der Waals surface area (Å²) < 4.78 is 26.9. The quantitative estimate of drug-likeness (QED) is 0.392. The van der Waals surface area contributed by atoms with Gasteiger partial charge >= 0.3 is 5.97 Å². The molecule has 1 aromatic heterocycles. The first-order valence-electron chi connectivity index (χ1n) is 13.8. The van der Waals surface area contributed by atoms with Crippen LogP contribution in [0.2, 0.25) is 0 Å². The number of nitrogens with zero attached hydrogens (tertiary/aromatic N) is 4. The number of ether oxygens (including phenoxy) is 2. The molecule has 0 radical (unpaired) electrons. The number of aromatic nitrogens is 1. The molecule has 2 aliphatic heterocycles. The van der Waals surface area contributed by atoms with E-state index in [9.17, 15) is 18.8 Å². The molecule has 0 bridgehead atoms. The monoisotopic (exact) mass is 592 g/mol. The summed E-state index contributed by atoms with van der Waals surface area (Å²) in [5.74, 6) is -0.488. The van der Waals surface area contributed by atoms with Gasteiger partial charge in [-0.25, -0.2) is 14.2 Å². The van der Waals surface area contributed by atoms with Gasteiger partial charge in [-0.15, -0.1) is 0 Å². The molecule has 1 amide bonds. The number of rotatable bonds is 7. The van der Waals surface area contributed by atoms with E-state index in [1.54, 1.807) is 51.1 Å². The first-order valence-corrected chi connectivity index (χ1v) is 14.6. The van der Waals surface area contributed by atoms with Crippen molar-refractivity contribution < 1.29 is 23.5 Å². The number of esters is 1. The first-order chi connectivity index (χ1) is 20.1. The van der Waals surface area contributed by atoms with E-state index in [1.165, 1.54) is 28.0 Å².